The molecule has 0 radical (unpaired) electrons. The minimum Gasteiger partial charge on any atom is -0.198 e. The Bertz CT molecular complexity index is 296. The van der Waals surface area contributed by atoms with Crippen LogP contribution in [0.5, 0.6) is 0 Å². The fourth-order valence-corrected chi connectivity index (χ4v) is 1.43. The first-order chi connectivity index (χ1) is 6.38. The lowest BCUT2D eigenvalue weighted by Crippen LogP contribution is -1.92. The van der Waals surface area contributed by atoms with Crippen molar-refractivity contribution < 1.29 is 0 Å². The van der Waals surface area contributed by atoms with Crippen LogP contribution >= 0.6 is 0 Å². The van der Waals surface area contributed by atoms with Gasteiger partial charge in [0.05, 0.1) is 12.5 Å². The molecule has 0 aliphatic rings. The summed E-state index contributed by atoms with van der Waals surface area (Å²) in [5, 5.41) is 8.62. The minimum absolute atomic E-state index is 0.542. The number of hydrogen-bond donors (Lipinski definition) is 0. The largest absolute Gasteiger partial charge is 0.198 e. The molecule has 1 aromatic carbocycles. The first-order valence-corrected chi connectivity index (χ1v) is 4.82. The molecule has 0 saturated heterocycles. The Balaban J connectivity index is 2.73. The number of aryl methyl sites for hydroxylation is 1. The lowest BCUT2D eigenvalue weighted by molar-refractivity contribution is 0.789. The third-order valence-electron chi connectivity index (χ3n) is 2.19. The third-order valence-corrected chi connectivity index (χ3v) is 2.19. The molecule has 0 heterocycles. The van der Waals surface area contributed by atoms with Crippen LogP contribution < -0.4 is 0 Å². The fraction of sp³-hybridized carbons (Fsp3) is 0.417. The van der Waals surface area contributed by atoms with E-state index in [0.717, 1.165) is 6.42 Å². The van der Waals surface area contributed by atoms with Crippen molar-refractivity contribution in [2.45, 2.75) is 32.6 Å². The summed E-state index contributed by atoms with van der Waals surface area (Å²) >= 11 is 0. The monoisotopic (exact) mass is 173 g/mol. The molecule has 0 aromatic heterocycles. The van der Waals surface area contributed by atoms with Gasteiger partial charge in [-0.05, 0) is 24.0 Å². The normalized spacial score (nSPS) is 9.54. The molecule has 1 heteroatoms. The van der Waals surface area contributed by atoms with E-state index in [1.54, 1.807) is 0 Å². The molecule has 1 aromatic rings. The third kappa shape index (κ3) is 2.91. The molecule has 0 fully saturated rings. The Hall–Kier alpha value is -1.29. The number of nitriles is 1. The molecule has 0 aliphatic heterocycles. The van der Waals surface area contributed by atoms with Gasteiger partial charge in [0.2, 0.25) is 0 Å². The quantitative estimate of drug-likeness (QED) is 0.686. The smallest absolute Gasteiger partial charge is 0.0669 e. The molecule has 0 unspecified atom stereocenters. The van der Waals surface area contributed by atoms with Gasteiger partial charge in [0.1, 0.15) is 0 Å². The number of hydrogen-bond acceptors (Lipinski definition) is 1. The Kier molecular flexibility index (Phi) is 4.05. The second kappa shape index (κ2) is 5.37. The maximum Gasteiger partial charge on any atom is 0.0669 e. The molecule has 0 saturated carbocycles. The highest BCUT2D eigenvalue weighted by molar-refractivity contribution is 5.29. The molecule has 68 valence electrons. The van der Waals surface area contributed by atoms with Gasteiger partial charge in [0.15, 0.2) is 0 Å². The van der Waals surface area contributed by atoms with E-state index < -0.39 is 0 Å². The van der Waals surface area contributed by atoms with E-state index in [9.17, 15) is 0 Å². The highest BCUT2D eigenvalue weighted by atomic mass is 14.2. The lowest BCUT2D eigenvalue weighted by atomic mass is 10.0. The van der Waals surface area contributed by atoms with E-state index in [4.69, 9.17) is 5.26 Å². The Morgan fingerprint density at radius 3 is 2.54 bits per heavy atom. The highest BCUT2D eigenvalue weighted by Crippen LogP contribution is 2.12. The molecule has 1 nitrogen and oxygen atoms in total. The van der Waals surface area contributed by atoms with E-state index in [1.807, 2.05) is 18.2 Å². The summed E-state index contributed by atoms with van der Waals surface area (Å²) in [7, 11) is 0. The highest BCUT2D eigenvalue weighted by Gasteiger charge is 1.99. The summed E-state index contributed by atoms with van der Waals surface area (Å²) in [6.07, 6.45) is 4.07. The zero-order valence-electron chi connectivity index (χ0n) is 8.09. The summed E-state index contributed by atoms with van der Waals surface area (Å²) in [5.74, 6) is 0. The van der Waals surface area contributed by atoms with Crippen LogP contribution in [0.25, 0.3) is 0 Å². The summed E-state index contributed by atoms with van der Waals surface area (Å²) in [5.41, 5.74) is 2.53. The standard InChI is InChI=1S/C12H15N/c1-2-3-6-11-7-4-5-8-12(11)9-10-13/h4-5,7-8H,2-3,6,9H2,1H3. The number of benzene rings is 1. The molecule has 0 bridgehead atoms. The zero-order valence-corrected chi connectivity index (χ0v) is 8.09. The van der Waals surface area contributed by atoms with Crippen molar-refractivity contribution in [1.29, 1.82) is 5.26 Å². The number of nitrogens with zero attached hydrogens (tertiary/aromatic N) is 1. The van der Waals surface area contributed by atoms with Crippen LogP contribution in [0.2, 0.25) is 0 Å². The first-order valence-electron chi connectivity index (χ1n) is 4.82. The first kappa shape index (κ1) is 9.80. The molecule has 0 aliphatic carbocycles. The second-order valence-electron chi connectivity index (χ2n) is 3.21. The van der Waals surface area contributed by atoms with Crippen molar-refractivity contribution in [2.24, 2.45) is 0 Å². The van der Waals surface area contributed by atoms with Gasteiger partial charge < -0.3 is 0 Å². The average molecular weight is 173 g/mol. The van der Waals surface area contributed by atoms with Crippen molar-refractivity contribution in [3.8, 4) is 6.07 Å². The summed E-state index contributed by atoms with van der Waals surface area (Å²) in [6, 6.07) is 10.4. The molecular formula is C12H15N. The summed E-state index contributed by atoms with van der Waals surface area (Å²) in [6.45, 7) is 2.19. The molecule has 0 atom stereocenters. The van der Waals surface area contributed by atoms with Gasteiger partial charge in [0.25, 0.3) is 0 Å². The van der Waals surface area contributed by atoms with Crippen LogP contribution in [0.15, 0.2) is 24.3 Å². The van der Waals surface area contributed by atoms with Gasteiger partial charge in [-0.1, -0.05) is 37.6 Å². The van der Waals surface area contributed by atoms with Gasteiger partial charge in [-0.15, -0.1) is 0 Å². The van der Waals surface area contributed by atoms with Crippen LogP contribution in [0.3, 0.4) is 0 Å². The molecule has 0 amide bonds. The van der Waals surface area contributed by atoms with Crippen LogP contribution in [-0.2, 0) is 12.8 Å². The maximum absolute atomic E-state index is 8.62. The van der Waals surface area contributed by atoms with Gasteiger partial charge in [-0.3, -0.25) is 0 Å². The average Bonchev–Trinajstić information content (AvgIpc) is 2.17. The summed E-state index contributed by atoms with van der Waals surface area (Å²) in [4.78, 5) is 0. The Morgan fingerprint density at radius 2 is 1.92 bits per heavy atom. The van der Waals surface area contributed by atoms with Crippen molar-refractivity contribution in [3.05, 3.63) is 35.4 Å². The topological polar surface area (TPSA) is 23.8 Å². The van der Waals surface area contributed by atoms with Crippen molar-refractivity contribution in [1.82, 2.24) is 0 Å². The zero-order chi connectivity index (χ0) is 9.52. The van der Waals surface area contributed by atoms with Gasteiger partial charge >= 0.3 is 0 Å². The van der Waals surface area contributed by atoms with Crippen LogP contribution in [0.4, 0.5) is 0 Å². The predicted molar refractivity (Wildman–Crippen MR) is 54.4 cm³/mol. The van der Waals surface area contributed by atoms with E-state index >= 15 is 0 Å². The summed E-state index contributed by atoms with van der Waals surface area (Å²) < 4.78 is 0. The molecular weight excluding hydrogens is 158 g/mol. The van der Waals surface area contributed by atoms with Gasteiger partial charge in [0, 0.05) is 0 Å². The van der Waals surface area contributed by atoms with Crippen molar-refractivity contribution >= 4 is 0 Å². The van der Waals surface area contributed by atoms with Crippen LogP contribution in [0, 0.1) is 11.3 Å². The van der Waals surface area contributed by atoms with Gasteiger partial charge in [-0.2, -0.15) is 5.26 Å². The molecule has 0 spiro atoms. The van der Waals surface area contributed by atoms with E-state index in [-0.39, 0.29) is 0 Å². The SMILES string of the molecule is CCCCc1ccccc1CC#N. The van der Waals surface area contributed by atoms with Crippen LogP contribution in [0.1, 0.15) is 30.9 Å². The van der Waals surface area contributed by atoms with E-state index in [2.05, 4.69) is 19.1 Å². The fourth-order valence-electron chi connectivity index (χ4n) is 1.43. The minimum atomic E-state index is 0.542. The predicted octanol–water partition coefficient (Wildman–Crippen LogP) is 3.10. The van der Waals surface area contributed by atoms with Crippen molar-refractivity contribution in [3.63, 3.8) is 0 Å². The lowest BCUT2D eigenvalue weighted by Gasteiger charge is -2.04. The Labute approximate surface area is 80.0 Å². The number of rotatable bonds is 4. The number of unbranched alkanes of at least 4 members (excludes halogenated alkanes) is 1. The van der Waals surface area contributed by atoms with E-state index in [0.29, 0.717) is 6.42 Å². The maximum atomic E-state index is 8.62. The van der Waals surface area contributed by atoms with Gasteiger partial charge in [-0.25, -0.2) is 0 Å². The molecule has 13 heavy (non-hydrogen) atoms. The van der Waals surface area contributed by atoms with Crippen LogP contribution in [-0.4, -0.2) is 0 Å². The van der Waals surface area contributed by atoms with Crippen molar-refractivity contribution in [2.75, 3.05) is 0 Å². The van der Waals surface area contributed by atoms with E-state index in [1.165, 1.54) is 24.0 Å². The Morgan fingerprint density at radius 1 is 1.23 bits per heavy atom. The second-order valence-corrected chi connectivity index (χ2v) is 3.21. The molecule has 0 N–H and O–H groups in total. The molecule has 1 rings (SSSR count).